The number of pyridine rings is 2. The van der Waals surface area contributed by atoms with E-state index in [0.29, 0.717) is 11.8 Å². The zero-order valence-electron chi connectivity index (χ0n) is 16.8. The maximum Gasteiger partial charge on any atom is 0.224 e. The van der Waals surface area contributed by atoms with Gasteiger partial charge in [-0.1, -0.05) is 52.0 Å². The molecule has 0 saturated carbocycles. The highest BCUT2D eigenvalue weighted by Crippen LogP contribution is 2.23. The molecule has 4 rings (SSSR count). The normalized spacial score (nSPS) is 11.1. The van der Waals surface area contributed by atoms with Gasteiger partial charge in [0.1, 0.15) is 0 Å². The Hall–Kier alpha value is -3.14. The summed E-state index contributed by atoms with van der Waals surface area (Å²) in [6.07, 6.45) is 3.12. The van der Waals surface area contributed by atoms with Gasteiger partial charge in [0.15, 0.2) is 12.4 Å². The summed E-state index contributed by atoms with van der Waals surface area (Å²) in [5, 5.41) is 25.1. The minimum Gasteiger partial charge on any atom is -0.618 e. The van der Waals surface area contributed by atoms with Gasteiger partial charge in [-0.3, -0.25) is 0 Å². The van der Waals surface area contributed by atoms with Crippen molar-refractivity contribution < 1.29 is 9.46 Å². The van der Waals surface area contributed by atoms with Gasteiger partial charge >= 0.3 is 0 Å². The average molecular weight is 374 g/mol. The number of hydrogen-bond donors (Lipinski definition) is 0. The van der Waals surface area contributed by atoms with Crippen molar-refractivity contribution in [3.8, 4) is 0 Å². The second-order valence-corrected chi connectivity index (χ2v) is 7.54. The number of aromatic nitrogens is 2. The quantitative estimate of drug-likeness (QED) is 0.358. The van der Waals surface area contributed by atoms with Gasteiger partial charge in [-0.05, 0) is 35.1 Å². The first-order chi connectivity index (χ1) is 13.4. The molecular formula is C24H26N2O2. The standard InChI is InChI=1S/2C12H13NO/c1-9(2)10-5-3-7-12-11(10)6-4-8-13(12)14;1-9(2)10-7-8-13(14)12-6-4-3-5-11(10)12/h2*3-9H,1-2H3. The molecule has 4 aromatic rings. The van der Waals surface area contributed by atoms with E-state index in [1.54, 1.807) is 12.3 Å². The Bertz CT molecular complexity index is 1060. The second-order valence-electron chi connectivity index (χ2n) is 7.54. The second kappa shape index (κ2) is 8.26. The highest BCUT2D eigenvalue weighted by Gasteiger charge is 2.10. The van der Waals surface area contributed by atoms with Gasteiger partial charge in [0, 0.05) is 24.3 Å². The van der Waals surface area contributed by atoms with E-state index >= 15 is 0 Å². The molecule has 2 aromatic carbocycles. The van der Waals surface area contributed by atoms with E-state index in [0.717, 1.165) is 31.3 Å². The van der Waals surface area contributed by atoms with Crippen LogP contribution in [0.25, 0.3) is 21.8 Å². The van der Waals surface area contributed by atoms with Crippen molar-refractivity contribution >= 4 is 21.8 Å². The first kappa shape index (κ1) is 19.6. The minimum atomic E-state index is 0.445. The Morgan fingerprint density at radius 2 is 1.07 bits per heavy atom. The maximum atomic E-state index is 11.5. The lowest BCUT2D eigenvalue weighted by Crippen LogP contribution is -2.26. The van der Waals surface area contributed by atoms with Crippen molar-refractivity contribution in [1.82, 2.24) is 0 Å². The molecule has 0 amide bonds. The van der Waals surface area contributed by atoms with Crippen LogP contribution in [-0.2, 0) is 0 Å². The van der Waals surface area contributed by atoms with E-state index in [1.165, 1.54) is 17.3 Å². The van der Waals surface area contributed by atoms with E-state index in [9.17, 15) is 10.4 Å². The Balaban J connectivity index is 0.000000161. The lowest BCUT2D eigenvalue weighted by Gasteiger charge is -2.09. The summed E-state index contributed by atoms with van der Waals surface area (Å²) in [6.45, 7) is 8.54. The predicted octanol–water partition coefficient (Wildman–Crippen LogP) is 5.19. The molecule has 2 heterocycles. The van der Waals surface area contributed by atoms with Crippen LogP contribution in [0, 0.1) is 10.4 Å². The third-order valence-corrected chi connectivity index (χ3v) is 4.92. The SMILES string of the molecule is CC(C)c1cc[n+]([O-])c2ccccc12.CC(C)c1cccc2c1ccc[n+]2[O-]. The predicted molar refractivity (Wildman–Crippen MR) is 114 cm³/mol. The lowest BCUT2D eigenvalue weighted by atomic mass is 9.98. The van der Waals surface area contributed by atoms with Crippen LogP contribution in [0.3, 0.4) is 0 Å². The molecule has 28 heavy (non-hydrogen) atoms. The zero-order valence-corrected chi connectivity index (χ0v) is 16.8. The fourth-order valence-corrected chi connectivity index (χ4v) is 3.48. The Morgan fingerprint density at radius 1 is 0.571 bits per heavy atom. The molecule has 0 aliphatic rings. The molecule has 0 radical (unpaired) electrons. The van der Waals surface area contributed by atoms with Gasteiger partial charge in [0.25, 0.3) is 0 Å². The van der Waals surface area contributed by atoms with Crippen molar-refractivity contribution in [1.29, 1.82) is 0 Å². The number of fused-ring (bicyclic) bond motifs is 2. The average Bonchev–Trinajstić information content (AvgIpc) is 2.68. The molecule has 0 saturated heterocycles. The van der Waals surface area contributed by atoms with Crippen LogP contribution in [0.5, 0.6) is 0 Å². The Labute approximate surface area is 165 Å². The summed E-state index contributed by atoms with van der Waals surface area (Å²) >= 11 is 0. The fourth-order valence-electron chi connectivity index (χ4n) is 3.48. The molecule has 0 aliphatic heterocycles. The molecule has 2 aromatic heterocycles. The van der Waals surface area contributed by atoms with E-state index in [2.05, 4.69) is 33.8 Å². The first-order valence-corrected chi connectivity index (χ1v) is 9.61. The molecule has 0 aliphatic carbocycles. The number of nitrogens with zero attached hydrogens (tertiary/aromatic N) is 2. The van der Waals surface area contributed by atoms with Crippen LogP contribution in [0.15, 0.2) is 73.1 Å². The highest BCUT2D eigenvalue weighted by atomic mass is 16.5. The molecule has 4 nitrogen and oxygen atoms in total. The molecule has 0 bridgehead atoms. The van der Waals surface area contributed by atoms with Gasteiger partial charge in [-0.15, -0.1) is 0 Å². The van der Waals surface area contributed by atoms with Crippen molar-refractivity contribution in [3.63, 3.8) is 0 Å². The summed E-state index contributed by atoms with van der Waals surface area (Å²) in [5.74, 6) is 0.891. The van der Waals surface area contributed by atoms with Gasteiger partial charge in [0.05, 0.1) is 10.8 Å². The van der Waals surface area contributed by atoms with Gasteiger partial charge in [0.2, 0.25) is 11.0 Å². The van der Waals surface area contributed by atoms with Crippen LogP contribution in [0.1, 0.15) is 50.7 Å². The summed E-state index contributed by atoms with van der Waals surface area (Å²) in [5.41, 5.74) is 3.96. The van der Waals surface area contributed by atoms with Crippen molar-refractivity contribution in [2.45, 2.75) is 39.5 Å². The van der Waals surface area contributed by atoms with Gasteiger partial charge < -0.3 is 10.4 Å². The summed E-state index contributed by atoms with van der Waals surface area (Å²) in [4.78, 5) is 0. The monoisotopic (exact) mass is 374 g/mol. The van der Waals surface area contributed by atoms with E-state index in [1.807, 2.05) is 48.5 Å². The van der Waals surface area contributed by atoms with Crippen molar-refractivity contribution in [2.24, 2.45) is 0 Å². The van der Waals surface area contributed by atoms with E-state index < -0.39 is 0 Å². The molecule has 0 spiro atoms. The van der Waals surface area contributed by atoms with E-state index in [-0.39, 0.29) is 0 Å². The topological polar surface area (TPSA) is 53.9 Å². The smallest absolute Gasteiger partial charge is 0.224 e. The van der Waals surface area contributed by atoms with E-state index in [4.69, 9.17) is 0 Å². The molecule has 0 fully saturated rings. The first-order valence-electron chi connectivity index (χ1n) is 9.61. The number of para-hydroxylation sites is 1. The molecule has 4 heteroatoms. The van der Waals surface area contributed by atoms with Crippen LogP contribution in [0.2, 0.25) is 0 Å². The number of benzene rings is 2. The summed E-state index contributed by atoms with van der Waals surface area (Å²) < 4.78 is 1.84. The molecule has 0 N–H and O–H groups in total. The van der Waals surface area contributed by atoms with Crippen LogP contribution >= 0.6 is 0 Å². The fraction of sp³-hybridized carbons (Fsp3) is 0.250. The van der Waals surface area contributed by atoms with Crippen molar-refractivity contribution in [3.05, 3.63) is 94.6 Å². The van der Waals surface area contributed by atoms with Crippen LogP contribution in [-0.4, -0.2) is 0 Å². The molecule has 144 valence electrons. The van der Waals surface area contributed by atoms with Gasteiger partial charge in [-0.2, -0.15) is 9.46 Å². The third kappa shape index (κ3) is 3.91. The maximum absolute atomic E-state index is 11.5. The number of rotatable bonds is 2. The Kier molecular flexibility index (Phi) is 5.78. The van der Waals surface area contributed by atoms with Crippen LogP contribution in [0.4, 0.5) is 0 Å². The lowest BCUT2D eigenvalue weighted by molar-refractivity contribution is -0.577. The Morgan fingerprint density at radius 3 is 1.71 bits per heavy atom. The third-order valence-electron chi connectivity index (χ3n) is 4.92. The largest absolute Gasteiger partial charge is 0.618 e. The molecule has 0 atom stereocenters. The van der Waals surface area contributed by atoms with Gasteiger partial charge in [-0.25, -0.2) is 0 Å². The van der Waals surface area contributed by atoms with Crippen molar-refractivity contribution in [2.75, 3.05) is 0 Å². The highest BCUT2D eigenvalue weighted by molar-refractivity contribution is 5.80. The minimum absolute atomic E-state index is 0.445. The zero-order chi connectivity index (χ0) is 20.3. The van der Waals surface area contributed by atoms with Crippen LogP contribution < -0.4 is 9.46 Å². The molecular weight excluding hydrogens is 348 g/mol. The number of hydrogen-bond acceptors (Lipinski definition) is 2. The molecule has 0 unspecified atom stereocenters. The summed E-state index contributed by atoms with van der Waals surface area (Å²) in [7, 11) is 0. The summed E-state index contributed by atoms with van der Waals surface area (Å²) in [6, 6.07) is 19.3.